The van der Waals surface area contributed by atoms with Crippen LogP contribution in [0, 0.1) is 30.9 Å². The van der Waals surface area contributed by atoms with Gasteiger partial charge in [-0.1, -0.05) is 17.8 Å². The maximum absolute atomic E-state index is 12.4. The van der Waals surface area contributed by atoms with E-state index in [1.54, 1.807) is 36.9 Å². The van der Waals surface area contributed by atoms with Gasteiger partial charge in [-0.25, -0.2) is 0 Å². The fourth-order valence-corrected chi connectivity index (χ4v) is 3.42. The molecule has 146 valence electrons. The number of aromatic nitrogens is 3. The van der Waals surface area contributed by atoms with Crippen molar-refractivity contribution in [1.29, 1.82) is 0 Å². The summed E-state index contributed by atoms with van der Waals surface area (Å²) in [5.74, 6) is 1.05. The number of carbonyl (C=O) groups excluding carboxylic acids is 1. The number of hydrogen-bond donors (Lipinski definition) is 1. The average Bonchev–Trinajstić information content (AvgIpc) is 3.22. The van der Waals surface area contributed by atoms with E-state index in [-0.39, 0.29) is 23.0 Å². The van der Waals surface area contributed by atoms with Crippen molar-refractivity contribution >= 4 is 29.0 Å². The van der Waals surface area contributed by atoms with Crippen LogP contribution in [0.1, 0.15) is 16.9 Å². The zero-order chi connectivity index (χ0) is 20.4. The summed E-state index contributed by atoms with van der Waals surface area (Å²) in [4.78, 5) is 23.1. The number of rotatable bonds is 6. The molecule has 3 rings (SSSR count). The molecule has 0 atom stereocenters. The maximum Gasteiger partial charge on any atom is 0.293 e. The Balaban J connectivity index is 1.73. The highest BCUT2D eigenvalue weighted by Gasteiger charge is 2.20. The fraction of sp³-hybridized carbons (Fsp3) is 0.278. The Bertz CT molecular complexity index is 1060. The van der Waals surface area contributed by atoms with Crippen LogP contribution in [0.25, 0.3) is 11.4 Å². The minimum absolute atomic E-state index is 0.0425. The third-order valence-electron chi connectivity index (χ3n) is 4.44. The number of nitro groups is 1. The van der Waals surface area contributed by atoms with Crippen LogP contribution in [-0.4, -0.2) is 31.3 Å². The normalized spacial score (nSPS) is 10.9. The Labute approximate surface area is 165 Å². The zero-order valence-corrected chi connectivity index (χ0v) is 16.7. The van der Waals surface area contributed by atoms with Gasteiger partial charge >= 0.3 is 0 Å². The second-order valence-corrected chi connectivity index (χ2v) is 7.19. The number of amides is 1. The molecule has 0 aliphatic carbocycles. The van der Waals surface area contributed by atoms with E-state index in [0.29, 0.717) is 16.5 Å². The predicted molar refractivity (Wildman–Crippen MR) is 105 cm³/mol. The van der Waals surface area contributed by atoms with Gasteiger partial charge in [-0.05, 0) is 38.0 Å². The molecule has 3 aromatic rings. The highest BCUT2D eigenvalue weighted by atomic mass is 32.2. The number of nitrogens with one attached hydrogen (secondary N) is 1. The van der Waals surface area contributed by atoms with Crippen molar-refractivity contribution in [3.8, 4) is 11.4 Å². The Morgan fingerprint density at radius 1 is 1.29 bits per heavy atom. The highest BCUT2D eigenvalue weighted by Crippen LogP contribution is 2.31. The van der Waals surface area contributed by atoms with Crippen molar-refractivity contribution < 1.29 is 14.1 Å². The molecule has 0 bridgehead atoms. The van der Waals surface area contributed by atoms with E-state index in [1.807, 2.05) is 13.8 Å². The summed E-state index contributed by atoms with van der Waals surface area (Å²) < 4.78 is 7.07. The summed E-state index contributed by atoms with van der Waals surface area (Å²) in [6, 6.07) is 4.87. The predicted octanol–water partition coefficient (Wildman–Crippen LogP) is 3.64. The van der Waals surface area contributed by atoms with Crippen LogP contribution in [-0.2, 0) is 11.8 Å². The van der Waals surface area contributed by atoms with E-state index < -0.39 is 4.92 Å². The number of benzene rings is 1. The summed E-state index contributed by atoms with van der Waals surface area (Å²) in [6.45, 7) is 5.41. The second-order valence-electron chi connectivity index (χ2n) is 6.25. The molecule has 0 spiro atoms. The number of thioether (sulfide) groups is 1. The molecule has 1 amide bonds. The van der Waals surface area contributed by atoms with Crippen molar-refractivity contribution in [2.24, 2.45) is 7.05 Å². The monoisotopic (exact) mass is 401 g/mol. The number of nitrogens with zero attached hydrogens (tertiary/aromatic N) is 4. The lowest BCUT2D eigenvalue weighted by atomic mass is 10.1. The summed E-state index contributed by atoms with van der Waals surface area (Å²) in [6.07, 6.45) is 1.58. The first kappa shape index (κ1) is 19.6. The smallest absolute Gasteiger partial charge is 0.293 e. The van der Waals surface area contributed by atoms with Crippen molar-refractivity contribution in [1.82, 2.24) is 14.8 Å². The second kappa shape index (κ2) is 7.85. The van der Waals surface area contributed by atoms with Crippen LogP contribution in [0.3, 0.4) is 0 Å². The topological polar surface area (TPSA) is 116 Å². The van der Waals surface area contributed by atoms with Crippen molar-refractivity contribution in [3.63, 3.8) is 0 Å². The van der Waals surface area contributed by atoms with Crippen LogP contribution < -0.4 is 5.32 Å². The first-order chi connectivity index (χ1) is 13.3. The number of hydrogen-bond acceptors (Lipinski definition) is 7. The molecule has 0 aliphatic rings. The number of nitro benzene ring substituents is 1. The molecular weight excluding hydrogens is 382 g/mol. The van der Waals surface area contributed by atoms with Gasteiger partial charge < -0.3 is 14.3 Å². The Morgan fingerprint density at radius 2 is 2.04 bits per heavy atom. The molecule has 0 saturated carbocycles. The van der Waals surface area contributed by atoms with Crippen LogP contribution in [0.2, 0.25) is 0 Å². The molecular formula is C18H19N5O4S. The molecule has 0 fully saturated rings. The number of furan rings is 1. The van der Waals surface area contributed by atoms with Gasteiger partial charge in [0, 0.05) is 13.1 Å². The minimum atomic E-state index is -0.503. The van der Waals surface area contributed by atoms with Gasteiger partial charge in [-0.3, -0.25) is 14.9 Å². The molecule has 2 heterocycles. The lowest BCUT2D eigenvalue weighted by molar-refractivity contribution is -0.384. The Morgan fingerprint density at radius 3 is 2.68 bits per heavy atom. The van der Waals surface area contributed by atoms with Gasteiger partial charge in [-0.2, -0.15) is 0 Å². The van der Waals surface area contributed by atoms with Gasteiger partial charge in [0.05, 0.1) is 22.5 Å². The van der Waals surface area contributed by atoms with E-state index in [9.17, 15) is 14.9 Å². The van der Waals surface area contributed by atoms with Crippen molar-refractivity contribution in [2.75, 3.05) is 11.1 Å². The summed E-state index contributed by atoms with van der Waals surface area (Å²) >= 11 is 1.20. The largest absolute Gasteiger partial charge is 0.469 e. The van der Waals surface area contributed by atoms with Crippen LogP contribution >= 0.6 is 11.8 Å². The van der Waals surface area contributed by atoms with Crippen LogP contribution in [0.15, 0.2) is 34.0 Å². The van der Waals surface area contributed by atoms with E-state index in [4.69, 9.17) is 4.42 Å². The molecule has 1 N–H and O–H groups in total. The fourth-order valence-electron chi connectivity index (χ4n) is 2.71. The van der Waals surface area contributed by atoms with E-state index >= 15 is 0 Å². The summed E-state index contributed by atoms with van der Waals surface area (Å²) in [7, 11) is 1.80. The van der Waals surface area contributed by atoms with Gasteiger partial charge in [0.2, 0.25) is 5.91 Å². The van der Waals surface area contributed by atoms with E-state index in [0.717, 1.165) is 16.9 Å². The molecule has 0 saturated heterocycles. The lowest BCUT2D eigenvalue weighted by Gasteiger charge is -2.11. The molecule has 10 heteroatoms. The first-order valence-electron chi connectivity index (χ1n) is 8.40. The van der Waals surface area contributed by atoms with Gasteiger partial charge in [0.1, 0.15) is 11.4 Å². The quantitative estimate of drug-likeness (QED) is 0.381. The Hall–Kier alpha value is -3.14. The van der Waals surface area contributed by atoms with Crippen molar-refractivity contribution in [3.05, 3.63) is 51.5 Å². The number of anilines is 1. The molecule has 9 nitrogen and oxygen atoms in total. The standard InChI is InChI=1S/C18H19N5O4S/c1-10-5-6-14(23(25)26)16(11(10)2)19-15(24)9-28-18-21-20-17(22(18)4)13-7-8-27-12(13)3/h5-8H,9H2,1-4H3,(H,19,24). The van der Waals surface area contributed by atoms with Crippen molar-refractivity contribution in [2.45, 2.75) is 25.9 Å². The SMILES string of the molecule is Cc1ccc([N+](=O)[O-])c(NC(=O)CSc2nnc(-c3ccoc3C)n2C)c1C. The first-order valence-corrected chi connectivity index (χ1v) is 9.39. The van der Waals surface area contributed by atoms with Crippen LogP contribution in [0.5, 0.6) is 0 Å². The number of aryl methyl sites for hydroxylation is 2. The highest BCUT2D eigenvalue weighted by molar-refractivity contribution is 7.99. The molecule has 0 aliphatic heterocycles. The number of carbonyl (C=O) groups is 1. The Kier molecular flexibility index (Phi) is 5.50. The summed E-state index contributed by atoms with van der Waals surface area (Å²) in [5, 5.41) is 22.7. The average molecular weight is 401 g/mol. The van der Waals surface area contributed by atoms with Gasteiger partial charge in [0.15, 0.2) is 11.0 Å². The van der Waals surface area contributed by atoms with Gasteiger partial charge in [-0.15, -0.1) is 10.2 Å². The molecule has 2 aromatic heterocycles. The lowest BCUT2D eigenvalue weighted by Crippen LogP contribution is -2.16. The molecule has 0 radical (unpaired) electrons. The minimum Gasteiger partial charge on any atom is -0.469 e. The molecule has 0 unspecified atom stereocenters. The third kappa shape index (κ3) is 3.77. The van der Waals surface area contributed by atoms with Gasteiger partial charge in [0.25, 0.3) is 5.69 Å². The molecule has 28 heavy (non-hydrogen) atoms. The maximum atomic E-state index is 12.4. The molecule has 1 aromatic carbocycles. The van der Waals surface area contributed by atoms with E-state index in [2.05, 4.69) is 15.5 Å². The summed E-state index contributed by atoms with van der Waals surface area (Å²) in [5.41, 5.74) is 2.46. The zero-order valence-electron chi connectivity index (χ0n) is 15.8. The van der Waals surface area contributed by atoms with Crippen LogP contribution in [0.4, 0.5) is 11.4 Å². The van der Waals surface area contributed by atoms with E-state index in [1.165, 1.54) is 17.8 Å². The third-order valence-corrected chi connectivity index (χ3v) is 5.46.